The van der Waals surface area contributed by atoms with Gasteiger partial charge in [0.05, 0.1) is 11.8 Å². The molecule has 0 saturated carbocycles. The Hall–Kier alpha value is -1.08. The van der Waals surface area contributed by atoms with Crippen LogP contribution >= 0.6 is 11.8 Å². The number of carbonyl (C=O) groups is 3. The Morgan fingerprint density at radius 3 is 2.86 bits per heavy atom. The van der Waals surface area contributed by atoms with Gasteiger partial charge >= 0.3 is 0 Å². The number of likely N-dealkylation sites (tertiary alicyclic amines) is 1. The Morgan fingerprint density at radius 2 is 2.24 bits per heavy atom. The molecule has 7 heteroatoms. The zero-order chi connectivity index (χ0) is 15.4. The minimum Gasteiger partial charge on any atom is -0.353 e. The van der Waals surface area contributed by atoms with Crippen molar-refractivity contribution < 1.29 is 14.4 Å². The highest BCUT2D eigenvalue weighted by Gasteiger charge is 2.30. The quantitative estimate of drug-likeness (QED) is 0.817. The number of hydrogen-bond donors (Lipinski definition) is 1. The molecule has 0 aromatic carbocycles. The first kappa shape index (κ1) is 16.3. The summed E-state index contributed by atoms with van der Waals surface area (Å²) in [7, 11) is 0. The van der Waals surface area contributed by atoms with Crippen molar-refractivity contribution in [2.45, 2.75) is 32.7 Å². The van der Waals surface area contributed by atoms with Crippen molar-refractivity contribution >= 4 is 28.8 Å². The molecule has 0 unspecified atom stereocenters. The molecule has 0 aliphatic carbocycles. The third-order valence-corrected chi connectivity index (χ3v) is 4.95. The van der Waals surface area contributed by atoms with Gasteiger partial charge in [0.1, 0.15) is 0 Å². The van der Waals surface area contributed by atoms with E-state index in [1.54, 1.807) is 0 Å². The normalized spacial score (nSPS) is 25.2. The van der Waals surface area contributed by atoms with E-state index in [4.69, 9.17) is 0 Å². The Kier molecular flexibility index (Phi) is 5.64. The molecule has 2 atom stereocenters. The summed E-state index contributed by atoms with van der Waals surface area (Å²) in [5.41, 5.74) is 0. The van der Waals surface area contributed by atoms with E-state index in [1.165, 1.54) is 11.3 Å². The average molecular weight is 313 g/mol. The molecule has 0 aromatic heterocycles. The highest BCUT2D eigenvalue weighted by molar-refractivity contribution is 8.14. The van der Waals surface area contributed by atoms with E-state index in [2.05, 4.69) is 17.1 Å². The van der Waals surface area contributed by atoms with E-state index in [0.29, 0.717) is 12.5 Å². The second kappa shape index (κ2) is 7.26. The fourth-order valence-electron chi connectivity index (χ4n) is 2.78. The Labute approximate surface area is 129 Å². The van der Waals surface area contributed by atoms with Gasteiger partial charge in [0, 0.05) is 19.6 Å². The van der Waals surface area contributed by atoms with Crippen LogP contribution in [0.3, 0.4) is 0 Å². The van der Waals surface area contributed by atoms with E-state index in [9.17, 15) is 14.4 Å². The van der Waals surface area contributed by atoms with Crippen LogP contribution in [0, 0.1) is 5.92 Å². The zero-order valence-electron chi connectivity index (χ0n) is 12.6. The lowest BCUT2D eigenvalue weighted by Crippen LogP contribution is -2.50. The van der Waals surface area contributed by atoms with Crippen molar-refractivity contribution in [1.82, 2.24) is 15.1 Å². The van der Waals surface area contributed by atoms with E-state index in [1.807, 2.05) is 6.92 Å². The Morgan fingerprint density at radius 1 is 1.48 bits per heavy atom. The van der Waals surface area contributed by atoms with Crippen LogP contribution in [-0.4, -0.2) is 64.8 Å². The number of amides is 3. The minimum atomic E-state index is -0.216. The van der Waals surface area contributed by atoms with Crippen molar-refractivity contribution in [2.24, 2.45) is 5.92 Å². The van der Waals surface area contributed by atoms with Crippen molar-refractivity contribution in [3.05, 3.63) is 0 Å². The van der Waals surface area contributed by atoms with Crippen molar-refractivity contribution in [1.29, 1.82) is 0 Å². The molecule has 21 heavy (non-hydrogen) atoms. The molecule has 2 heterocycles. The van der Waals surface area contributed by atoms with E-state index < -0.39 is 0 Å². The first-order valence-corrected chi connectivity index (χ1v) is 8.46. The molecule has 2 saturated heterocycles. The number of rotatable bonds is 5. The molecular formula is C14H23N3O3S. The fourth-order valence-corrected chi connectivity index (χ4v) is 3.53. The SMILES string of the molecule is C[C@H]1CCCN([C@@H](C)C(=O)NCCN2C(=O)CSC2=O)C1. The van der Waals surface area contributed by atoms with Crippen molar-refractivity contribution in [3.63, 3.8) is 0 Å². The maximum Gasteiger partial charge on any atom is 0.288 e. The zero-order valence-corrected chi connectivity index (χ0v) is 13.4. The monoisotopic (exact) mass is 313 g/mol. The number of nitrogens with zero attached hydrogens (tertiary/aromatic N) is 2. The summed E-state index contributed by atoms with van der Waals surface area (Å²) >= 11 is 1.02. The fraction of sp³-hybridized carbons (Fsp3) is 0.786. The molecule has 3 amide bonds. The molecule has 0 spiro atoms. The van der Waals surface area contributed by atoms with Gasteiger partial charge in [-0.25, -0.2) is 0 Å². The lowest BCUT2D eigenvalue weighted by molar-refractivity contribution is -0.128. The molecule has 2 fully saturated rings. The number of thioether (sulfide) groups is 1. The molecule has 1 N–H and O–H groups in total. The standard InChI is InChI=1S/C14H23N3O3S/c1-10-4-3-6-16(8-10)11(2)13(19)15-5-7-17-12(18)9-21-14(17)20/h10-11H,3-9H2,1-2H3,(H,15,19)/t10-,11-/m0/s1. The Balaban J connectivity index is 1.73. The van der Waals surface area contributed by atoms with Crippen LogP contribution in [0.4, 0.5) is 4.79 Å². The van der Waals surface area contributed by atoms with Crippen LogP contribution in [-0.2, 0) is 9.59 Å². The van der Waals surface area contributed by atoms with E-state index >= 15 is 0 Å². The largest absolute Gasteiger partial charge is 0.353 e. The molecule has 0 radical (unpaired) electrons. The number of imide groups is 1. The number of piperidine rings is 1. The predicted octanol–water partition coefficient (Wildman–Crippen LogP) is 0.918. The summed E-state index contributed by atoms with van der Waals surface area (Å²) in [5, 5.41) is 2.61. The van der Waals surface area contributed by atoms with Crippen LogP contribution in [0.2, 0.25) is 0 Å². The summed E-state index contributed by atoms with van der Waals surface area (Å²) in [6.45, 7) is 6.62. The van der Waals surface area contributed by atoms with Crippen LogP contribution < -0.4 is 5.32 Å². The van der Waals surface area contributed by atoms with Crippen molar-refractivity contribution in [3.8, 4) is 0 Å². The molecule has 118 valence electrons. The molecule has 2 aliphatic heterocycles. The second-order valence-electron chi connectivity index (χ2n) is 5.81. The van der Waals surface area contributed by atoms with Gasteiger partial charge in [0.2, 0.25) is 11.8 Å². The van der Waals surface area contributed by atoms with Gasteiger partial charge < -0.3 is 5.32 Å². The van der Waals surface area contributed by atoms with E-state index in [0.717, 1.165) is 31.3 Å². The Bertz CT molecular complexity index is 414. The first-order chi connectivity index (χ1) is 9.99. The maximum atomic E-state index is 12.1. The van der Waals surface area contributed by atoms with Gasteiger partial charge in [-0.2, -0.15) is 0 Å². The topological polar surface area (TPSA) is 69.7 Å². The molecule has 0 bridgehead atoms. The third kappa shape index (κ3) is 4.20. The third-order valence-electron chi connectivity index (χ3n) is 4.09. The van der Waals surface area contributed by atoms with Gasteiger partial charge in [-0.3, -0.25) is 24.2 Å². The second-order valence-corrected chi connectivity index (χ2v) is 6.74. The van der Waals surface area contributed by atoms with Gasteiger partial charge in [0.25, 0.3) is 5.24 Å². The molecule has 2 aliphatic rings. The lowest BCUT2D eigenvalue weighted by atomic mass is 9.99. The van der Waals surface area contributed by atoms with Gasteiger partial charge in [-0.05, 0) is 32.2 Å². The van der Waals surface area contributed by atoms with Crippen LogP contribution in [0.1, 0.15) is 26.7 Å². The molecular weight excluding hydrogens is 290 g/mol. The molecule has 0 aromatic rings. The first-order valence-electron chi connectivity index (χ1n) is 7.48. The summed E-state index contributed by atoms with van der Waals surface area (Å²) in [6, 6.07) is -0.160. The number of carbonyl (C=O) groups excluding carboxylic acids is 3. The van der Waals surface area contributed by atoms with Crippen LogP contribution in [0.5, 0.6) is 0 Å². The lowest BCUT2D eigenvalue weighted by Gasteiger charge is -2.34. The minimum absolute atomic E-state index is 0.0316. The molecule has 6 nitrogen and oxygen atoms in total. The average Bonchev–Trinajstić information content (AvgIpc) is 2.78. The number of hydrogen-bond acceptors (Lipinski definition) is 5. The highest BCUT2D eigenvalue weighted by Crippen LogP contribution is 2.18. The van der Waals surface area contributed by atoms with Gasteiger partial charge in [-0.1, -0.05) is 18.7 Å². The van der Waals surface area contributed by atoms with Gasteiger partial charge in [0.15, 0.2) is 0 Å². The highest BCUT2D eigenvalue weighted by atomic mass is 32.2. The van der Waals surface area contributed by atoms with Crippen LogP contribution in [0.15, 0.2) is 0 Å². The van der Waals surface area contributed by atoms with E-state index in [-0.39, 0.29) is 35.4 Å². The van der Waals surface area contributed by atoms with Crippen LogP contribution in [0.25, 0.3) is 0 Å². The van der Waals surface area contributed by atoms with Gasteiger partial charge in [-0.15, -0.1) is 0 Å². The smallest absolute Gasteiger partial charge is 0.288 e. The summed E-state index contributed by atoms with van der Waals surface area (Å²) < 4.78 is 0. The summed E-state index contributed by atoms with van der Waals surface area (Å²) in [5.74, 6) is 0.647. The van der Waals surface area contributed by atoms with Crippen molar-refractivity contribution in [2.75, 3.05) is 31.9 Å². The summed E-state index contributed by atoms with van der Waals surface area (Å²) in [4.78, 5) is 38.4. The maximum absolute atomic E-state index is 12.1. The summed E-state index contributed by atoms with van der Waals surface area (Å²) in [6.07, 6.45) is 2.36. The predicted molar refractivity (Wildman–Crippen MR) is 82.0 cm³/mol. The number of nitrogens with one attached hydrogen (secondary N) is 1. The molecule has 2 rings (SSSR count).